The van der Waals surface area contributed by atoms with Crippen LogP contribution in [0.25, 0.3) is 11.0 Å². The number of ether oxygens (including phenoxy) is 1. The van der Waals surface area contributed by atoms with Crippen LogP contribution >= 0.6 is 0 Å². The van der Waals surface area contributed by atoms with Gasteiger partial charge in [-0.3, -0.25) is 0 Å². The van der Waals surface area contributed by atoms with Crippen LogP contribution in [-0.4, -0.2) is 22.2 Å². The molecule has 0 amide bonds. The fraction of sp³-hybridized carbons (Fsp3) is 0.588. The van der Waals surface area contributed by atoms with Gasteiger partial charge in [-0.25, -0.2) is 4.98 Å². The molecule has 4 rings (SSSR count). The molecule has 0 spiro atoms. The standard InChI is InChI=1S/C17H23N3O/c1-11-3-5-14(18-8-11)13-4-6-16-15(7-13)19-17-10-21-12(2)9-20(16)17/h4,6-7,11-12,14,18H,3,5,8-10H2,1-2H3/t11-,12-,14?/m0/s1. The number of nitrogens with one attached hydrogen (secondary N) is 1. The van der Waals surface area contributed by atoms with Crippen molar-refractivity contribution < 1.29 is 4.74 Å². The molecule has 4 heteroatoms. The van der Waals surface area contributed by atoms with Gasteiger partial charge in [0, 0.05) is 6.04 Å². The number of nitrogens with zero attached hydrogens (tertiary/aromatic N) is 2. The predicted molar refractivity (Wildman–Crippen MR) is 83.1 cm³/mol. The Hall–Kier alpha value is -1.39. The van der Waals surface area contributed by atoms with Crippen molar-refractivity contribution in [2.75, 3.05) is 6.54 Å². The van der Waals surface area contributed by atoms with Crippen LogP contribution in [0.15, 0.2) is 18.2 Å². The van der Waals surface area contributed by atoms with E-state index in [1.807, 2.05) is 0 Å². The lowest BCUT2D eigenvalue weighted by atomic mass is 9.92. The van der Waals surface area contributed by atoms with Gasteiger partial charge in [-0.05, 0) is 49.9 Å². The fourth-order valence-electron chi connectivity index (χ4n) is 3.54. The van der Waals surface area contributed by atoms with Gasteiger partial charge in [-0.15, -0.1) is 0 Å². The molecule has 21 heavy (non-hydrogen) atoms. The molecule has 4 nitrogen and oxygen atoms in total. The molecule has 1 aromatic heterocycles. The lowest BCUT2D eigenvalue weighted by molar-refractivity contribution is 0.0153. The minimum Gasteiger partial charge on any atom is -0.369 e. The summed E-state index contributed by atoms with van der Waals surface area (Å²) in [6.07, 6.45) is 2.80. The smallest absolute Gasteiger partial charge is 0.136 e. The summed E-state index contributed by atoms with van der Waals surface area (Å²) in [5.74, 6) is 1.86. The molecule has 1 saturated heterocycles. The zero-order valence-corrected chi connectivity index (χ0v) is 12.8. The lowest BCUT2D eigenvalue weighted by Gasteiger charge is -2.28. The first-order valence-electron chi connectivity index (χ1n) is 8.05. The van der Waals surface area contributed by atoms with Crippen LogP contribution in [0.5, 0.6) is 0 Å². The number of rotatable bonds is 1. The second-order valence-electron chi connectivity index (χ2n) is 6.65. The molecule has 2 aliphatic rings. The monoisotopic (exact) mass is 285 g/mol. The quantitative estimate of drug-likeness (QED) is 0.875. The third-order valence-electron chi connectivity index (χ3n) is 4.85. The van der Waals surface area contributed by atoms with Gasteiger partial charge in [0.05, 0.1) is 23.7 Å². The van der Waals surface area contributed by atoms with Crippen LogP contribution in [0.4, 0.5) is 0 Å². The van der Waals surface area contributed by atoms with E-state index in [0.29, 0.717) is 12.6 Å². The zero-order valence-electron chi connectivity index (χ0n) is 12.8. The minimum absolute atomic E-state index is 0.274. The average molecular weight is 285 g/mol. The fourth-order valence-corrected chi connectivity index (χ4v) is 3.54. The molecular formula is C17H23N3O. The molecule has 2 aliphatic heterocycles. The molecule has 2 aromatic rings. The van der Waals surface area contributed by atoms with Gasteiger partial charge < -0.3 is 14.6 Å². The Morgan fingerprint density at radius 3 is 3.00 bits per heavy atom. The minimum atomic E-state index is 0.274. The van der Waals surface area contributed by atoms with E-state index in [1.54, 1.807) is 0 Å². The normalized spacial score (nSPS) is 29.5. The Morgan fingerprint density at radius 1 is 1.29 bits per heavy atom. The molecule has 0 aliphatic carbocycles. The van der Waals surface area contributed by atoms with Gasteiger partial charge in [-0.1, -0.05) is 13.0 Å². The van der Waals surface area contributed by atoms with Gasteiger partial charge in [0.2, 0.25) is 0 Å². The van der Waals surface area contributed by atoms with Crippen LogP contribution < -0.4 is 5.32 Å². The number of hydrogen-bond acceptors (Lipinski definition) is 3. The summed E-state index contributed by atoms with van der Waals surface area (Å²) in [5.41, 5.74) is 3.73. The van der Waals surface area contributed by atoms with Gasteiger partial charge in [-0.2, -0.15) is 0 Å². The highest BCUT2D eigenvalue weighted by atomic mass is 16.5. The summed E-state index contributed by atoms with van der Waals surface area (Å²) in [5, 5.41) is 3.66. The van der Waals surface area contributed by atoms with Crippen molar-refractivity contribution in [2.24, 2.45) is 5.92 Å². The molecular weight excluding hydrogens is 262 g/mol. The highest BCUT2D eigenvalue weighted by Gasteiger charge is 2.22. The van der Waals surface area contributed by atoms with Crippen molar-refractivity contribution in [2.45, 2.75) is 52.0 Å². The van der Waals surface area contributed by atoms with E-state index in [4.69, 9.17) is 9.72 Å². The maximum atomic E-state index is 5.70. The third kappa shape index (κ3) is 2.36. The summed E-state index contributed by atoms with van der Waals surface area (Å²) >= 11 is 0. The Morgan fingerprint density at radius 2 is 2.19 bits per heavy atom. The summed E-state index contributed by atoms with van der Waals surface area (Å²) < 4.78 is 8.01. The van der Waals surface area contributed by atoms with Crippen molar-refractivity contribution in [1.29, 1.82) is 0 Å². The zero-order chi connectivity index (χ0) is 14.4. The highest BCUT2D eigenvalue weighted by molar-refractivity contribution is 5.77. The maximum absolute atomic E-state index is 5.70. The number of piperidine rings is 1. The second kappa shape index (κ2) is 5.11. The van der Waals surface area contributed by atoms with Crippen molar-refractivity contribution in [3.8, 4) is 0 Å². The molecule has 3 atom stereocenters. The highest BCUT2D eigenvalue weighted by Crippen LogP contribution is 2.29. The van der Waals surface area contributed by atoms with Crippen LogP contribution in [-0.2, 0) is 17.9 Å². The van der Waals surface area contributed by atoms with E-state index < -0.39 is 0 Å². The van der Waals surface area contributed by atoms with E-state index in [1.165, 1.54) is 23.9 Å². The first-order valence-corrected chi connectivity index (χ1v) is 8.05. The van der Waals surface area contributed by atoms with Gasteiger partial charge in [0.1, 0.15) is 12.4 Å². The second-order valence-corrected chi connectivity index (χ2v) is 6.65. The molecule has 112 valence electrons. The lowest BCUT2D eigenvalue weighted by Crippen LogP contribution is -2.31. The van der Waals surface area contributed by atoms with Crippen LogP contribution in [0, 0.1) is 5.92 Å². The number of fused-ring (bicyclic) bond motifs is 3. The maximum Gasteiger partial charge on any atom is 0.136 e. The van der Waals surface area contributed by atoms with Gasteiger partial charge in [0.15, 0.2) is 0 Å². The summed E-state index contributed by atoms with van der Waals surface area (Å²) in [6.45, 7) is 7.09. The summed E-state index contributed by atoms with van der Waals surface area (Å²) in [6, 6.07) is 7.25. The molecule has 1 unspecified atom stereocenters. The Bertz CT molecular complexity index is 655. The van der Waals surface area contributed by atoms with Crippen molar-refractivity contribution in [3.05, 3.63) is 29.6 Å². The van der Waals surface area contributed by atoms with Crippen molar-refractivity contribution >= 4 is 11.0 Å². The summed E-state index contributed by atoms with van der Waals surface area (Å²) in [7, 11) is 0. The van der Waals surface area contributed by atoms with Gasteiger partial charge >= 0.3 is 0 Å². The predicted octanol–water partition coefficient (Wildman–Crippen LogP) is 3.02. The molecule has 0 bridgehead atoms. The Kier molecular flexibility index (Phi) is 3.23. The van der Waals surface area contributed by atoms with E-state index in [-0.39, 0.29) is 6.10 Å². The van der Waals surface area contributed by atoms with E-state index in [2.05, 4.69) is 41.9 Å². The van der Waals surface area contributed by atoms with E-state index in [0.717, 1.165) is 30.3 Å². The van der Waals surface area contributed by atoms with Crippen molar-refractivity contribution in [1.82, 2.24) is 14.9 Å². The van der Waals surface area contributed by atoms with E-state index >= 15 is 0 Å². The Labute approximate surface area is 125 Å². The first kappa shape index (κ1) is 13.3. The topological polar surface area (TPSA) is 39.1 Å². The van der Waals surface area contributed by atoms with Crippen LogP contribution in [0.2, 0.25) is 0 Å². The SMILES string of the molecule is C[C@H]1CCC(c2ccc3c(c2)nc2n3C[C@H](C)OC2)NC1. The Balaban J connectivity index is 1.68. The largest absolute Gasteiger partial charge is 0.369 e. The van der Waals surface area contributed by atoms with E-state index in [9.17, 15) is 0 Å². The van der Waals surface area contributed by atoms with Crippen molar-refractivity contribution in [3.63, 3.8) is 0 Å². The molecule has 0 saturated carbocycles. The number of imidazole rings is 1. The third-order valence-corrected chi connectivity index (χ3v) is 4.85. The van der Waals surface area contributed by atoms with Crippen LogP contribution in [0.1, 0.15) is 44.1 Å². The first-order chi connectivity index (χ1) is 10.2. The number of hydrogen-bond donors (Lipinski definition) is 1. The molecule has 1 N–H and O–H groups in total. The number of aromatic nitrogens is 2. The van der Waals surface area contributed by atoms with Crippen LogP contribution in [0.3, 0.4) is 0 Å². The molecule has 1 aromatic carbocycles. The average Bonchev–Trinajstić information content (AvgIpc) is 2.85. The molecule has 0 radical (unpaired) electrons. The van der Waals surface area contributed by atoms with Gasteiger partial charge in [0.25, 0.3) is 0 Å². The molecule has 1 fully saturated rings. The number of benzene rings is 1. The summed E-state index contributed by atoms with van der Waals surface area (Å²) in [4.78, 5) is 4.77. The molecule has 3 heterocycles.